The van der Waals surface area contributed by atoms with Crippen molar-refractivity contribution in [3.05, 3.63) is 35.5 Å². The fraction of sp³-hybridized carbons (Fsp3) is 0.375. The molecular formula is C16H20N2O3. The van der Waals surface area contributed by atoms with E-state index in [0.717, 1.165) is 22.0 Å². The smallest absolute Gasteiger partial charge is 0.329 e. The molecule has 0 saturated carbocycles. The number of nitrogens with zero attached hydrogens (tertiary/aromatic N) is 1. The summed E-state index contributed by atoms with van der Waals surface area (Å²) in [6.07, 6.45) is 2.00. The molecule has 0 atom stereocenters. The maximum atomic E-state index is 12.4. The molecule has 0 aliphatic heterocycles. The number of carbonyl (C=O) groups is 2. The van der Waals surface area contributed by atoms with Gasteiger partial charge in [0.15, 0.2) is 0 Å². The Bertz CT molecular complexity index is 701. The molecule has 0 aliphatic rings. The number of carbonyl (C=O) groups excluding carboxylic acids is 1. The number of fused-ring (bicyclic) bond motifs is 1. The molecule has 1 heterocycles. The average molecular weight is 288 g/mol. The van der Waals surface area contributed by atoms with Crippen LogP contribution >= 0.6 is 0 Å². The van der Waals surface area contributed by atoms with Crippen LogP contribution in [-0.2, 0) is 16.0 Å². The Morgan fingerprint density at radius 1 is 1.33 bits per heavy atom. The average Bonchev–Trinajstić information content (AvgIpc) is 2.82. The van der Waals surface area contributed by atoms with E-state index in [1.165, 1.54) is 25.8 Å². The molecule has 2 aromatic rings. The molecule has 1 amide bonds. The molecule has 0 radical (unpaired) electrons. The maximum Gasteiger partial charge on any atom is 0.329 e. The van der Waals surface area contributed by atoms with Crippen molar-refractivity contribution in [3.8, 4) is 0 Å². The minimum absolute atomic E-state index is 0.179. The highest BCUT2D eigenvalue weighted by Gasteiger charge is 2.35. The molecule has 0 bridgehead atoms. The Hall–Kier alpha value is -2.30. The van der Waals surface area contributed by atoms with Crippen LogP contribution in [0.3, 0.4) is 0 Å². The number of H-pyrrole nitrogens is 1. The second-order valence-electron chi connectivity index (χ2n) is 5.81. The van der Waals surface area contributed by atoms with Gasteiger partial charge in [0.2, 0.25) is 5.91 Å². The number of aromatic nitrogens is 1. The summed E-state index contributed by atoms with van der Waals surface area (Å²) in [5, 5.41) is 10.2. The number of aryl methyl sites for hydroxylation is 1. The first-order valence-corrected chi connectivity index (χ1v) is 6.80. The molecule has 1 aromatic heterocycles. The second kappa shape index (κ2) is 5.24. The van der Waals surface area contributed by atoms with Crippen LogP contribution in [0.5, 0.6) is 0 Å². The van der Waals surface area contributed by atoms with Gasteiger partial charge in [0, 0.05) is 24.1 Å². The molecule has 2 N–H and O–H groups in total. The van der Waals surface area contributed by atoms with Gasteiger partial charge in [-0.1, -0.05) is 12.1 Å². The van der Waals surface area contributed by atoms with Gasteiger partial charge >= 0.3 is 5.97 Å². The summed E-state index contributed by atoms with van der Waals surface area (Å²) in [4.78, 5) is 28.0. The molecule has 1 aromatic carbocycles. The normalized spacial score (nSPS) is 11.6. The van der Waals surface area contributed by atoms with Crippen LogP contribution in [0.25, 0.3) is 10.9 Å². The molecule has 2 rings (SSSR count). The zero-order chi connectivity index (χ0) is 15.8. The molecule has 0 fully saturated rings. The van der Waals surface area contributed by atoms with Gasteiger partial charge in [-0.3, -0.25) is 4.79 Å². The zero-order valence-electron chi connectivity index (χ0n) is 12.7. The standard InChI is InChI=1S/C16H20N2O3/c1-10-6-5-7-12-14(10)11(9-17-12)8-13(19)18(4)16(2,3)15(20)21/h5-7,9,17H,8H2,1-4H3,(H,20,21). The Morgan fingerprint density at radius 2 is 2.00 bits per heavy atom. The monoisotopic (exact) mass is 288 g/mol. The first kappa shape index (κ1) is 15.1. The van der Waals surface area contributed by atoms with Gasteiger partial charge in [-0.25, -0.2) is 4.79 Å². The van der Waals surface area contributed by atoms with E-state index < -0.39 is 11.5 Å². The molecule has 21 heavy (non-hydrogen) atoms. The third-order valence-corrected chi connectivity index (χ3v) is 4.07. The van der Waals surface area contributed by atoms with Crippen molar-refractivity contribution in [3.63, 3.8) is 0 Å². The van der Waals surface area contributed by atoms with Crippen molar-refractivity contribution in [1.29, 1.82) is 0 Å². The molecule has 0 spiro atoms. The lowest BCUT2D eigenvalue weighted by Gasteiger charge is -2.31. The molecule has 5 heteroatoms. The zero-order valence-corrected chi connectivity index (χ0v) is 12.7. The lowest BCUT2D eigenvalue weighted by Crippen LogP contribution is -2.51. The number of amides is 1. The minimum Gasteiger partial charge on any atom is -0.480 e. The van der Waals surface area contributed by atoms with Gasteiger partial charge in [-0.05, 0) is 38.0 Å². The quantitative estimate of drug-likeness (QED) is 0.907. The summed E-state index contributed by atoms with van der Waals surface area (Å²) in [6.45, 7) is 5.04. The van der Waals surface area contributed by atoms with Crippen LogP contribution in [0.15, 0.2) is 24.4 Å². The summed E-state index contributed by atoms with van der Waals surface area (Å²) >= 11 is 0. The van der Waals surface area contributed by atoms with Crippen molar-refractivity contribution in [2.75, 3.05) is 7.05 Å². The number of carboxylic acids is 1. The van der Waals surface area contributed by atoms with Gasteiger partial charge in [-0.15, -0.1) is 0 Å². The molecular weight excluding hydrogens is 268 g/mol. The number of benzene rings is 1. The largest absolute Gasteiger partial charge is 0.480 e. The van der Waals surface area contributed by atoms with Gasteiger partial charge in [0.25, 0.3) is 0 Å². The third-order valence-electron chi connectivity index (χ3n) is 4.07. The van der Waals surface area contributed by atoms with Crippen molar-refractivity contribution >= 4 is 22.8 Å². The van der Waals surface area contributed by atoms with Gasteiger partial charge in [0.05, 0.1) is 6.42 Å². The number of nitrogens with one attached hydrogen (secondary N) is 1. The Kier molecular flexibility index (Phi) is 3.77. The molecule has 0 unspecified atom stereocenters. The van der Waals surface area contributed by atoms with E-state index >= 15 is 0 Å². The summed E-state index contributed by atoms with van der Waals surface area (Å²) in [5.74, 6) is -1.24. The number of aliphatic carboxylic acids is 1. The summed E-state index contributed by atoms with van der Waals surface area (Å²) in [6, 6.07) is 5.91. The maximum absolute atomic E-state index is 12.4. The highest BCUT2D eigenvalue weighted by atomic mass is 16.4. The molecule has 5 nitrogen and oxygen atoms in total. The SMILES string of the molecule is Cc1cccc2[nH]cc(CC(=O)N(C)C(C)(C)C(=O)O)c12. The highest BCUT2D eigenvalue weighted by Crippen LogP contribution is 2.23. The fourth-order valence-electron chi connectivity index (χ4n) is 2.33. The van der Waals surface area contributed by atoms with E-state index in [4.69, 9.17) is 0 Å². The Labute approximate surface area is 123 Å². The van der Waals surface area contributed by atoms with Gasteiger partial charge < -0.3 is 15.0 Å². The molecule has 0 saturated heterocycles. The van der Waals surface area contributed by atoms with E-state index in [0.29, 0.717) is 0 Å². The minimum atomic E-state index is -1.22. The number of rotatable bonds is 4. The number of hydrogen-bond donors (Lipinski definition) is 2. The fourth-order valence-corrected chi connectivity index (χ4v) is 2.33. The summed E-state index contributed by atoms with van der Waals surface area (Å²) < 4.78 is 0. The number of likely N-dealkylation sites (N-methyl/N-ethyl adjacent to an activating group) is 1. The van der Waals surface area contributed by atoms with Gasteiger partial charge in [-0.2, -0.15) is 0 Å². The predicted octanol–water partition coefficient (Wildman–Crippen LogP) is 2.34. The van der Waals surface area contributed by atoms with Crippen LogP contribution in [0.2, 0.25) is 0 Å². The van der Waals surface area contributed by atoms with E-state index in [2.05, 4.69) is 4.98 Å². The molecule has 112 valence electrons. The highest BCUT2D eigenvalue weighted by molar-refractivity contribution is 5.92. The van der Waals surface area contributed by atoms with E-state index in [1.807, 2.05) is 31.3 Å². The predicted molar refractivity (Wildman–Crippen MR) is 81.2 cm³/mol. The van der Waals surface area contributed by atoms with Crippen LogP contribution < -0.4 is 0 Å². The third kappa shape index (κ3) is 2.63. The second-order valence-corrected chi connectivity index (χ2v) is 5.81. The van der Waals surface area contributed by atoms with Crippen molar-refractivity contribution in [1.82, 2.24) is 9.88 Å². The van der Waals surface area contributed by atoms with Crippen molar-refractivity contribution in [2.24, 2.45) is 0 Å². The summed E-state index contributed by atoms with van der Waals surface area (Å²) in [5.41, 5.74) is 1.74. The van der Waals surface area contributed by atoms with Crippen LogP contribution in [0.4, 0.5) is 0 Å². The van der Waals surface area contributed by atoms with Crippen molar-refractivity contribution < 1.29 is 14.7 Å². The van der Waals surface area contributed by atoms with E-state index in [9.17, 15) is 14.7 Å². The number of carboxylic acid groups (broad SMARTS) is 1. The van der Waals surface area contributed by atoms with Crippen LogP contribution in [0, 0.1) is 6.92 Å². The van der Waals surface area contributed by atoms with Crippen LogP contribution in [-0.4, -0.2) is 39.5 Å². The summed E-state index contributed by atoms with van der Waals surface area (Å²) in [7, 11) is 1.53. The first-order valence-electron chi connectivity index (χ1n) is 6.80. The van der Waals surface area contributed by atoms with E-state index in [1.54, 1.807) is 0 Å². The number of hydrogen-bond acceptors (Lipinski definition) is 2. The Morgan fingerprint density at radius 3 is 2.62 bits per heavy atom. The lowest BCUT2D eigenvalue weighted by atomic mass is 10.0. The molecule has 0 aliphatic carbocycles. The van der Waals surface area contributed by atoms with Crippen LogP contribution in [0.1, 0.15) is 25.0 Å². The number of aromatic amines is 1. The lowest BCUT2D eigenvalue weighted by molar-refractivity contribution is -0.155. The van der Waals surface area contributed by atoms with Crippen molar-refractivity contribution in [2.45, 2.75) is 32.7 Å². The topological polar surface area (TPSA) is 73.4 Å². The van der Waals surface area contributed by atoms with E-state index in [-0.39, 0.29) is 12.3 Å². The first-order chi connectivity index (χ1) is 9.75. The van der Waals surface area contributed by atoms with Gasteiger partial charge in [0.1, 0.15) is 5.54 Å². The Balaban J connectivity index is 2.29.